The molecule has 1 aliphatic heterocycles. The Morgan fingerprint density at radius 2 is 2.37 bits per heavy atom. The maximum Gasteiger partial charge on any atom is 0.148 e. The molecule has 0 fully saturated rings. The summed E-state index contributed by atoms with van der Waals surface area (Å²) in [5.74, 6) is 1.87. The maximum atomic E-state index is 5.83. The molecular formula is C14H16BrN3O. The van der Waals surface area contributed by atoms with Crippen molar-refractivity contribution in [2.24, 2.45) is 0 Å². The van der Waals surface area contributed by atoms with Crippen molar-refractivity contribution in [3.05, 3.63) is 46.0 Å². The van der Waals surface area contributed by atoms with E-state index in [-0.39, 0.29) is 0 Å². The van der Waals surface area contributed by atoms with E-state index < -0.39 is 0 Å². The Balaban J connectivity index is 1.77. The molecule has 100 valence electrons. The zero-order chi connectivity index (χ0) is 13.2. The van der Waals surface area contributed by atoms with Gasteiger partial charge in [-0.2, -0.15) is 0 Å². The van der Waals surface area contributed by atoms with Gasteiger partial charge in [0.15, 0.2) is 0 Å². The van der Waals surface area contributed by atoms with Crippen LogP contribution in [0.5, 0.6) is 5.75 Å². The second-order valence-electron chi connectivity index (χ2n) is 4.70. The molecule has 2 aromatic rings. The van der Waals surface area contributed by atoms with Crippen LogP contribution in [0.4, 0.5) is 0 Å². The third-order valence-electron chi connectivity index (χ3n) is 3.26. The minimum absolute atomic E-state index is 0.502. The largest absolute Gasteiger partial charge is 0.486 e. The van der Waals surface area contributed by atoms with E-state index in [2.05, 4.69) is 43.8 Å². The van der Waals surface area contributed by atoms with E-state index in [9.17, 15) is 0 Å². The molecule has 0 aliphatic carbocycles. The van der Waals surface area contributed by atoms with Crippen molar-refractivity contribution in [1.29, 1.82) is 0 Å². The molecule has 1 N–H and O–H groups in total. The first kappa shape index (κ1) is 12.7. The van der Waals surface area contributed by atoms with Gasteiger partial charge in [0.2, 0.25) is 0 Å². The third-order valence-corrected chi connectivity index (χ3v) is 3.90. The van der Waals surface area contributed by atoms with E-state index in [0.717, 1.165) is 35.8 Å². The van der Waals surface area contributed by atoms with Crippen LogP contribution in [0.2, 0.25) is 0 Å². The molecule has 0 radical (unpaired) electrons. The SMILES string of the molecule is Cc1cccc(OCc2nc(Br)c3n2CCNC3)c1. The van der Waals surface area contributed by atoms with Crippen molar-refractivity contribution in [3.8, 4) is 5.75 Å². The van der Waals surface area contributed by atoms with E-state index in [1.54, 1.807) is 0 Å². The Morgan fingerprint density at radius 3 is 3.21 bits per heavy atom. The summed E-state index contributed by atoms with van der Waals surface area (Å²) in [6.07, 6.45) is 0. The Labute approximate surface area is 120 Å². The molecule has 19 heavy (non-hydrogen) atoms. The number of benzene rings is 1. The molecule has 5 heteroatoms. The lowest BCUT2D eigenvalue weighted by Crippen LogP contribution is -2.29. The third kappa shape index (κ3) is 2.67. The predicted octanol–water partition coefficient (Wildman–Crippen LogP) is 2.64. The number of halogens is 1. The van der Waals surface area contributed by atoms with E-state index in [1.165, 1.54) is 11.3 Å². The average Bonchev–Trinajstić information content (AvgIpc) is 2.74. The summed E-state index contributed by atoms with van der Waals surface area (Å²) in [6, 6.07) is 8.08. The number of fused-ring (bicyclic) bond motifs is 1. The van der Waals surface area contributed by atoms with Gasteiger partial charge < -0.3 is 14.6 Å². The fourth-order valence-corrected chi connectivity index (χ4v) is 2.86. The van der Waals surface area contributed by atoms with Crippen LogP contribution in [-0.2, 0) is 19.7 Å². The van der Waals surface area contributed by atoms with Crippen LogP contribution in [0.15, 0.2) is 28.9 Å². The van der Waals surface area contributed by atoms with Crippen LogP contribution < -0.4 is 10.1 Å². The monoisotopic (exact) mass is 321 g/mol. The first-order valence-corrected chi connectivity index (χ1v) is 7.17. The summed E-state index contributed by atoms with van der Waals surface area (Å²) in [5, 5.41) is 3.34. The second-order valence-corrected chi connectivity index (χ2v) is 5.45. The average molecular weight is 322 g/mol. The van der Waals surface area contributed by atoms with Crippen LogP contribution >= 0.6 is 15.9 Å². The number of aryl methyl sites for hydroxylation is 1. The molecule has 0 saturated carbocycles. The van der Waals surface area contributed by atoms with Crippen molar-refractivity contribution in [2.45, 2.75) is 26.6 Å². The van der Waals surface area contributed by atoms with E-state index in [4.69, 9.17) is 4.74 Å². The number of hydrogen-bond donors (Lipinski definition) is 1. The van der Waals surface area contributed by atoms with Gasteiger partial charge in [0, 0.05) is 19.6 Å². The fourth-order valence-electron chi connectivity index (χ4n) is 2.30. The summed E-state index contributed by atoms with van der Waals surface area (Å²) >= 11 is 3.51. The summed E-state index contributed by atoms with van der Waals surface area (Å²) in [6.45, 7) is 5.35. The van der Waals surface area contributed by atoms with Crippen LogP contribution in [0.25, 0.3) is 0 Å². The minimum Gasteiger partial charge on any atom is -0.486 e. The van der Waals surface area contributed by atoms with Crippen molar-refractivity contribution in [2.75, 3.05) is 6.54 Å². The highest BCUT2D eigenvalue weighted by atomic mass is 79.9. The zero-order valence-electron chi connectivity index (χ0n) is 10.8. The topological polar surface area (TPSA) is 39.1 Å². The van der Waals surface area contributed by atoms with Crippen molar-refractivity contribution >= 4 is 15.9 Å². The lowest BCUT2D eigenvalue weighted by atomic mass is 10.2. The highest BCUT2D eigenvalue weighted by molar-refractivity contribution is 9.10. The minimum atomic E-state index is 0.502. The number of aromatic nitrogens is 2. The quantitative estimate of drug-likeness (QED) is 0.944. The molecular weight excluding hydrogens is 306 g/mol. The van der Waals surface area contributed by atoms with Gasteiger partial charge in [0.25, 0.3) is 0 Å². The normalized spacial score (nSPS) is 14.2. The zero-order valence-corrected chi connectivity index (χ0v) is 12.4. The van der Waals surface area contributed by atoms with Gasteiger partial charge >= 0.3 is 0 Å². The Kier molecular flexibility index (Phi) is 3.57. The van der Waals surface area contributed by atoms with Crippen LogP contribution in [0.3, 0.4) is 0 Å². The number of nitrogens with one attached hydrogen (secondary N) is 1. The second kappa shape index (κ2) is 5.35. The molecule has 1 aliphatic rings. The van der Waals surface area contributed by atoms with Gasteiger partial charge in [-0.3, -0.25) is 0 Å². The predicted molar refractivity (Wildman–Crippen MR) is 77.1 cm³/mol. The first-order chi connectivity index (χ1) is 9.24. The smallest absolute Gasteiger partial charge is 0.148 e. The maximum absolute atomic E-state index is 5.83. The van der Waals surface area contributed by atoms with Crippen molar-refractivity contribution in [1.82, 2.24) is 14.9 Å². The molecule has 4 nitrogen and oxygen atoms in total. The van der Waals surface area contributed by atoms with Gasteiger partial charge in [0.1, 0.15) is 22.8 Å². The molecule has 0 amide bonds. The number of nitrogens with zero attached hydrogens (tertiary/aromatic N) is 2. The van der Waals surface area contributed by atoms with E-state index >= 15 is 0 Å². The first-order valence-electron chi connectivity index (χ1n) is 6.38. The Hall–Kier alpha value is -1.33. The van der Waals surface area contributed by atoms with Crippen LogP contribution in [-0.4, -0.2) is 16.1 Å². The fraction of sp³-hybridized carbons (Fsp3) is 0.357. The molecule has 0 saturated heterocycles. The summed E-state index contributed by atoms with van der Waals surface area (Å²) in [5.41, 5.74) is 2.40. The van der Waals surface area contributed by atoms with Gasteiger partial charge in [-0.15, -0.1) is 0 Å². The van der Waals surface area contributed by atoms with E-state index in [0.29, 0.717) is 6.61 Å². The highest BCUT2D eigenvalue weighted by Crippen LogP contribution is 2.21. The highest BCUT2D eigenvalue weighted by Gasteiger charge is 2.18. The Bertz CT molecular complexity index is 594. The van der Waals surface area contributed by atoms with Gasteiger partial charge in [0.05, 0.1) is 5.69 Å². The summed E-state index contributed by atoms with van der Waals surface area (Å²) in [7, 11) is 0. The summed E-state index contributed by atoms with van der Waals surface area (Å²) < 4.78 is 8.98. The summed E-state index contributed by atoms with van der Waals surface area (Å²) in [4.78, 5) is 4.54. The van der Waals surface area contributed by atoms with Crippen molar-refractivity contribution in [3.63, 3.8) is 0 Å². The van der Waals surface area contributed by atoms with Gasteiger partial charge in [-0.1, -0.05) is 12.1 Å². The van der Waals surface area contributed by atoms with E-state index in [1.807, 2.05) is 18.2 Å². The standard InChI is InChI=1S/C14H16BrN3O/c1-10-3-2-4-11(7-10)19-9-13-17-14(15)12-8-16-5-6-18(12)13/h2-4,7,16H,5-6,8-9H2,1H3. The number of ether oxygens (including phenoxy) is 1. The number of rotatable bonds is 3. The molecule has 3 rings (SSSR count). The van der Waals surface area contributed by atoms with Crippen LogP contribution in [0, 0.1) is 6.92 Å². The molecule has 1 aromatic heterocycles. The van der Waals surface area contributed by atoms with Gasteiger partial charge in [-0.25, -0.2) is 4.98 Å². The van der Waals surface area contributed by atoms with Gasteiger partial charge in [-0.05, 0) is 40.5 Å². The molecule has 0 bridgehead atoms. The number of hydrogen-bond acceptors (Lipinski definition) is 3. The molecule has 0 spiro atoms. The van der Waals surface area contributed by atoms with Crippen molar-refractivity contribution < 1.29 is 4.74 Å². The molecule has 1 aromatic carbocycles. The Morgan fingerprint density at radius 1 is 1.47 bits per heavy atom. The molecule has 2 heterocycles. The lowest BCUT2D eigenvalue weighted by Gasteiger charge is -2.18. The number of imidazole rings is 1. The van der Waals surface area contributed by atoms with Crippen LogP contribution in [0.1, 0.15) is 17.1 Å². The molecule has 0 atom stereocenters. The molecule has 0 unspecified atom stereocenters. The lowest BCUT2D eigenvalue weighted by molar-refractivity contribution is 0.286.